The van der Waals surface area contributed by atoms with E-state index in [1.54, 1.807) is 0 Å². The maximum Gasteiger partial charge on any atom is 0.223 e. The van der Waals surface area contributed by atoms with Crippen LogP contribution in [0.1, 0.15) is 36.6 Å². The van der Waals surface area contributed by atoms with Crippen LogP contribution in [0.25, 0.3) is 0 Å². The van der Waals surface area contributed by atoms with Crippen LogP contribution in [0.4, 0.5) is 5.95 Å². The quantitative estimate of drug-likeness (QED) is 0.890. The summed E-state index contributed by atoms with van der Waals surface area (Å²) in [6, 6.07) is 8.86. The van der Waals surface area contributed by atoms with Crippen molar-refractivity contribution in [1.29, 1.82) is 0 Å². The third kappa shape index (κ3) is 3.06. The molecule has 2 rings (SSSR count). The zero-order valence-corrected chi connectivity index (χ0v) is 11.1. The van der Waals surface area contributed by atoms with Gasteiger partial charge in [0.05, 0.1) is 6.04 Å². The van der Waals surface area contributed by atoms with Gasteiger partial charge < -0.3 is 5.32 Å². The second-order valence-electron chi connectivity index (χ2n) is 4.55. The summed E-state index contributed by atoms with van der Waals surface area (Å²) in [4.78, 5) is 8.51. The van der Waals surface area contributed by atoms with Gasteiger partial charge in [0.25, 0.3) is 0 Å². The highest BCUT2D eigenvalue weighted by Crippen LogP contribution is 2.17. The van der Waals surface area contributed by atoms with Crippen molar-refractivity contribution in [3.05, 3.63) is 53.3 Å². The summed E-state index contributed by atoms with van der Waals surface area (Å²) >= 11 is 0. The van der Waals surface area contributed by atoms with Crippen LogP contribution in [0.15, 0.2) is 36.7 Å². The van der Waals surface area contributed by atoms with Crippen LogP contribution in [0.5, 0.6) is 0 Å². The lowest BCUT2D eigenvalue weighted by molar-refractivity contribution is 0.857. The van der Waals surface area contributed by atoms with Crippen molar-refractivity contribution < 1.29 is 0 Å². The molecule has 0 saturated heterocycles. The third-order valence-electron chi connectivity index (χ3n) is 3.01. The van der Waals surface area contributed by atoms with Gasteiger partial charge in [-0.3, -0.25) is 0 Å². The number of hydrogen-bond donors (Lipinski definition) is 1. The summed E-state index contributed by atoms with van der Waals surface area (Å²) in [5, 5.41) is 3.30. The van der Waals surface area contributed by atoms with Crippen molar-refractivity contribution in [2.24, 2.45) is 0 Å². The highest BCUT2D eigenvalue weighted by molar-refractivity contribution is 5.33. The number of nitrogens with one attached hydrogen (secondary N) is 1. The van der Waals surface area contributed by atoms with E-state index in [2.05, 4.69) is 53.4 Å². The molecular weight excluding hydrogens is 222 g/mol. The maximum atomic E-state index is 4.26. The molecule has 1 unspecified atom stereocenters. The molecule has 0 saturated carbocycles. The lowest BCUT2D eigenvalue weighted by Gasteiger charge is -2.14. The summed E-state index contributed by atoms with van der Waals surface area (Å²) in [6.07, 6.45) is 4.72. The van der Waals surface area contributed by atoms with E-state index in [1.807, 2.05) is 19.3 Å². The summed E-state index contributed by atoms with van der Waals surface area (Å²) in [5.41, 5.74) is 3.68. The fourth-order valence-electron chi connectivity index (χ4n) is 1.79. The van der Waals surface area contributed by atoms with Gasteiger partial charge in [0.15, 0.2) is 0 Å². The molecule has 0 radical (unpaired) electrons. The Labute approximate surface area is 108 Å². The van der Waals surface area contributed by atoms with Gasteiger partial charge in [-0.25, -0.2) is 9.97 Å². The first-order valence-electron chi connectivity index (χ1n) is 6.33. The van der Waals surface area contributed by atoms with Crippen molar-refractivity contribution in [1.82, 2.24) is 9.97 Å². The van der Waals surface area contributed by atoms with Gasteiger partial charge in [0, 0.05) is 12.4 Å². The number of aromatic nitrogens is 2. The van der Waals surface area contributed by atoms with Crippen molar-refractivity contribution in [2.45, 2.75) is 33.2 Å². The van der Waals surface area contributed by atoms with E-state index in [9.17, 15) is 0 Å². The predicted octanol–water partition coefficient (Wildman–Crippen LogP) is 3.52. The average molecular weight is 241 g/mol. The number of benzene rings is 1. The second-order valence-corrected chi connectivity index (χ2v) is 4.55. The van der Waals surface area contributed by atoms with Crippen molar-refractivity contribution in [3.63, 3.8) is 0 Å². The van der Waals surface area contributed by atoms with Gasteiger partial charge in [-0.05, 0) is 37.0 Å². The predicted molar refractivity (Wildman–Crippen MR) is 74.6 cm³/mol. The first kappa shape index (κ1) is 12.6. The Bertz CT molecular complexity index is 488. The van der Waals surface area contributed by atoms with Gasteiger partial charge in [-0.2, -0.15) is 0 Å². The number of anilines is 1. The molecule has 1 N–H and O–H groups in total. The van der Waals surface area contributed by atoms with E-state index in [-0.39, 0.29) is 6.04 Å². The zero-order chi connectivity index (χ0) is 13.0. The molecule has 1 aromatic carbocycles. The van der Waals surface area contributed by atoms with Gasteiger partial charge in [0.1, 0.15) is 0 Å². The van der Waals surface area contributed by atoms with Crippen LogP contribution in [-0.4, -0.2) is 9.97 Å². The minimum Gasteiger partial charge on any atom is -0.348 e. The summed E-state index contributed by atoms with van der Waals surface area (Å²) in [7, 11) is 0. The molecule has 3 nitrogen and oxygen atoms in total. The molecule has 0 spiro atoms. The molecule has 94 valence electrons. The fourth-order valence-corrected chi connectivity index (χ4v) is 1.79. The average Bonchev–Trinajstić information content (AvgIpc) is 2.41. The topological polar surface area (TPSA) is 37.8 Å². The Kier molecular flexibility index (Phi) is 3.92. The second kappa shape index (κ2) is 5.63. The number of aryl methyl sites for hydroxylation is 2. The Hall–Kier alpha value is -1.90. The molecule has 2 aromatic rings. The van der Waals surface area contributed by atoms with E-state index in [0.717, 1.165) is 12.0 Å². The normalized spacial score (nSPS) is 12.2. The fraction of sp³-hybridized carbons (Fsp3) is 0.333. The number of rotatable bonds is 4. The standard InChI is InChI=1S/C15H19N3/c1-4-13-5-7-14(8-6-13)12(3)18-15-16-9-11(2)10-17-15/h5-10,12H,4H2,1-3H3,(H,16,17,18). The third-order valence-corrected chi connectivity index (χ3v) is 3.01. The number of nitrogens with zero attached hydrogens (tertiary/aromatic N) is 2. The highest BCUT2D eigenvalue weighted by Gasteiger charge is 2.06. The Morgan fingerprint density at radius 1 is 1.11 bits per heavy atom. The van der Waals surface area contributed by atoms with Crippen LogP contribution in [0, 0.1) is 6.92 Å². The Morgan fingerprint density at radius 3 is 2.28 bits per heavy atom. The summed E-state index contributed by atoms with van der Waals surface area (Å²) in [5.74, 6) is 0.674. The molecular formula is C15H19N3. The van der Waals surface area contributed by atoms with Gasteiger partial charge in [-0.15, -0.1) is 0 Å². The zero-order valence-electron chi connectivity index (χ0n) is 11.1. The van der Waals surface area contributed by atoms with Gasteiger partial charge in [0.2, 0.25) is 5.95 Å². The molecule has 0 aliphatic rings. The highest BCUT2D eigenvalue weighted by atomic mass is 15.1. The Morgan fingerprint density at radius 2 is 1.72 bits per heavy atom. The SMILES string of the molecule is CCc1ccc(C(C)Nc2ncc(C)cn2)cc1. The summed E-state index contributed by atoms with van der Waals surface area (Å²) in [6.45, 7) is 6.26. The molecule has 18 heavy (non-hydrogen) atoms. The number of hydrogen-bond acceptors (Lipinski definition) is 3. The van der Waals surface area contributed by atoms with E-state index >= 15 is 0 Å². The largest absolute Gasteiger partial charge is 0.348 e. The summed E-state index contributed by atoms with van der Waals surface area (Å²) < 4.78 is 0. The molecule has 1 aromatic heterocycles. The van der Waals surface area contributed by atoms with Crippen molar-refractivity contribution in [3.8, 4) is 0 Å². The molecule has 0 bridgehead atoms. The first-order chi connectivity index (χ1) is 8.69. The van der Waals surface area contributed by atoms with E-state index < -0.39 is 0 Å². The Balaban J connectivity index is 2.06. The maximum absolute atomic E-state index is 4.26. The lowest BCUT2D eigenvalue weighted by Crippen LogP contribution is -2.09. The van der Waals surface area contributed by atoms with Gasteiger partial charge >= 0.3 is 0 Å². The first-order valence-corrected chi connectivity index (χ1v) is 6.33. The van der Waals surface area contributed by atoms with Crippen LogP contribution in [0.2, 0.25) is 0 Å². The molecule has 0 aliphatic carbocycles. The van der Waals surface area contributed by atoms with Crippen LogP contribution < -0.4 is 5.32 Å². The van der Waals surface area contributed by atoms with Crippen LogP contribution in [-0.2, 0) is 6.42 Å². The monoisotopic (exact) mass is 241 g/mol. The van der Waals surface area contributed by atoms with Crippen molar-refractivity contribution in [2.75, 3.05) is 5.32 Å². The molecule has 0 aliphatic heterocycles. The molecule has 3 heteroatoms. The van der Waals surface area contributed by atoms with Gasteiger partial charge in [-0.1, -0.05) is 31.2 Å². The van der Waals surface area contributed by atoms with Crippen LogP contribution in [0.3, 0.4) is 0 Å². The molecule has 1 heterocycles. The molecule has 1 atom stereocenters. The van der Waals surface area contributed by atoms with Crippen LogP contribution >= 0.6 is 0 Å². The van der Waals surface area contributed by atoms with E-state index in [1.165, 1.54) is 11.1 Å². The molecule has 0 fully saturated rings. The smallest absolute Gasteiger partial charge is 0.223 e. The van der Waals surface area contributed by atoms with E-state index in [0.29, 0.717) is 5.95 Å². The minimum absolute atomic E-state index is 0.207. The minimum atomic E-state index is 0.207. The van der Waals surface area contributed by atoms with Crippen molar-refractivity contribution >= 4 is 5.95 Å². The van der Waals surface area contributed by atoms with E-state index in [4.69, 9.17) is 0 Å². The lowest BCUT2D eigenvalue weighted by atomic mass is 10.1. The molecule has 0 amide bonds.